The summed E-state index contributed by atoms with van der Waals surface area (Å²) in [4.78, 5) is 11.1. The van der Waals surface area contributed by atoms with Crippen LogP contribution in [-0.4, -0.2) is 11.1 Å². The van der Waals surface area contributed by atoms with Crippen LogP contribution in [0.1, 0.15) is 15.9 Å². The normalized spacial score (nSPS) is 8.83. The minimum absolute atomic E-state index is 0. The SMILES string of the molecule is Br.Cc1ccc(C(=O)CBr)cc1. The van der Waals surface area contributed by atoms with E-state index in [0.717, 1.165) is 5.56 Å². The van der Waals surface area contributed by atoms with Gasteiger partial charge in [0.25, 0.3) is 0 Å². The van der Waals surface area contributed by atoms with Crippen LogP contribution in [-0.2, 0) is 0 Å². The molecule has 1 rings (SSSR count). The standard InChI is InChI=1S/C9H9BrO.BrH/c1-7-2-4-8(5-3-7)9(11)6-10;/h2-5H,6H2,1H3;1H. The van der Waals surface area contributed by atoms with Crippen molar-refractivity contribution in [3.8, 4) is 0 Å². The molecular weight excluding hydrogens is 284 g/mol. The summed E-state index contributed by atoms with van der Waals surface area (Å²) in [5.41, 5.74) is 1.95. The van der Waals surface area contributed by atoms with Crippen molar-refractivity contribution in [3.63, 3.8) is 0 Å². The van der Waals surface area contributed by atoms with E-state index in [0.29, 0.717) is 5.33 Å². The fourth-order valence-corrected chi connectivity index (χ4v) is 1.14. The van der Waals surface area contributed by atoms with Gasteiger partial charge < -0.3 is 0 Å². The predicted octanol–water partition coefficient (Wildman–Crippen LogP) is 3.15. The lowest BCUT2D eigenvalue weighted by Crippen LogP contribution is -1.98. The highest BCUT2D eigenvalue weighted by atomic mass is 79.9. The number of hydrogen-bond donors (Lipinski definition) is 0. The highest BCUT2D eigenvalue weighted by Gasteiger charge is 2.00. The summed E-state index contributed by atoms with van der Waals surface area (Å²) < 4.78 is 0. The van der Waals surface area contributed by atoms with Crippen molar-refractivity contribution in [3.05, 3.63) is 35.4 Å². The van der Waals surface area contributed by atoms with Gasteiger partial charge in [-0.05, 0) is 6.92 Å². The maximum Gasteiger partial charge on any atom is 0.173 e. The predicted molar refractivity (Wildman–Crippen MR) is 59.6 cm³/mol. The minimum atomic E-state index is 0. The molecule has 0 aliphatic heterocycles. The van der Waals surface area contributed by atoms with Gasteiger partial charge in [-0.3, -0.25) is 4.79 Å². The van der Waals surface area contributed by atoms with Crippen LogP contribution in [0.4, 0.5) is 0 Å². The fraction of sp³-hybridized carbons (Fsp3) is 0.222. The summed E-state index contributed by atoms with van der Waals surface area (Å²) in [5.74, 6) is 0.130. The molecule has 0 N–H and O–H groups in total. The van der Waals surface area contributed by atoms with Gasteiger partial charge >= 0.3 is 0 Å². The van der Waals surface area contributed by atoms with Crippen molar-refractivity contribution >= 4 is 38.7 Å². The highest BCUT2D eigenvalue weighted by molar-refractivity contribution is 9.09. The average Bonchev–Trinajstić information content (AvgIpc) is 2.05. The Bertz CT molecular complexity index is 254. The van der Waals surface area contributed by atoms with E-state index in [9.17, 15) is 4.79 Å². The molecule has 0 atom stereocenters. The molecule has 0 bridgehead atoms. The second kappa shape index (κ2) is 5.49. The molecule has 1 aromatic carbocycles. The highest BCUT2D eigenvalue weighted by Crippen LogP contribution is 2.04. The molecule has 0 unspecified atom stereocenters. The Kier molecular flexibility index (Phi) is 5.42. The van der Waals surface area contributed by atoms with Crippen molar-refractivity contribution in [1.29, 1.82) is 0 Å². The third kappa shape index (κ3) is 3.07. The Morgan fingerprint density at radius 2 is 1.83 bits per heavy atom. The van der Waals surface area contributed by atoms with Crippen LogP contribution in [0.2, 0.25) is 0 Å². The fourth-order valence-electron chi connectivity index (χ4n) is 0.817. The van der Waals surface area contributed by atoms with E-state index in [2.05, 4.69) is 15.9 Å². The van der Waals surface area contributed by atoms with E-state index in [-0.39, 0.29) is 22.8 Å². The molecule has 0 radical (unpaired) electrons. The number of ketones is 1. The van der Waals surface area contributed by atoms with Gasteiger partial charge in [0.2, 0.25) is 0 Å². The molecule has 0 fully saturated rings. The largest absolute Gasteiger partial charge is 0.293 e. The van der Waals surface area contributed by atoms with Gasteiger partial charge in [0.1, 0.15) is 0 Å². The summed E-state index contributed by atoms with van der Waals surface area (Å²) in [6.07, 6.45) is 0. The molecule has 66 valence electrons. The monoisotopic (exact) mass is 292 g/mol. The van der Waals surface area contributed by atoms with Crippen molar-refractivity contribution in [1.82, 2.24) is 0 Å². The Morgan fingerprint density at radius 1 is 1.33 bits per heavy atom. The first-order valence-corrected chi connectivity index (χ1v) is 4.52. The van der Waals surface area contributed by atoms with Crippen LogP contribution >= 0.6 is 32.9 Å². The number of aryl methyl sites for hydroxylation is 1. The molecule has 0 amide bonds. The molecule has 0 spiro atoms. The maximum atomic E-state index is 11.1. The maximum absolute atomic E-state index is 11.1. The van der Waals surface area contributed by atoms with Crippen molar-refractivity contribution < 1.29 is 4.79 Å². The zero-order valence-electron chi connectivity index (χ0n) is 6.71. The van der Waals surface area contributed by atoms with Crippen LogP contribution in [0, 0.1) is 6.92 Å². The van der Waals surface area contributed by atoms with Crippen LogP contribution in [0.25, 0.3) is 0 Å². The molecule has 3 heteroatoms. The van der Waals surface area contributed by atoms with Crippen LogP contribution in [0.5, 0.6) is 0 Å². The molecular formula is C9H10Br2O. The molecule has 0 heterocycles. The first-order chi connectivity index (χ1) is 5.24. The summed E-state index contributed by atoms with van der Waals surface area (Å²) in [5, 5.41) is 0.399. The number of carbonyl (C=O) groups is 1. The molecule has 0 saturated carbocycles. The average molecular weight is 294 g/mol. The first kappa shape index (κ1) is 11.8. The number of alkyl halides is 1. The smallest absolute Gasteiger partial charge is 0.173 e. The molecule has 0 saturated heterocycles. The number of Topliss-reactive ketones (excluding diaryl/α,β-unsaturated/α-hetero) is 1. The van der Waals surface area contributed by atoms with Gasteiger partial charge in [-0.25, -0.2) is 0 Å². The molecule has 12 heavy (non-hydrogen) atoms. The molecule has 0 aliphatic rings. The van der Waals surface area contributed by atoms with Crippen molar-refractivity contribution in [2.45, 2.75) is 6.92 Å². The Labute approximate surface area is 91.1 Å². The zero-order chi connectivity index (χ0) is 8.27. The minimum Gasteiger partial charge on any atom is -0.293 e. The quantitative estimate of drug-likeness (QED) is 0.605. The van der Waals surface area contributed by atoms with Crippen LogP contribution < -0.4 is 0 Å². The second-order valence-corrected chi connectivity index (χ2v) is 2.98. The van der Waals surface area contributed by atoms with Gasteiger partial charge in [-0.15, -0.1) is 17.0 Å². The number of halogens is 2. The van der Waals surface area contributed by atoms with Gasteiger partial charge in [-0.2, -0.15) is 0 Å². The van der Waals surface area contributed by atoms with E-state index < -0.39 is 0 Å². The third-order valence-electron chi connectivity index (χ3n) is 1.49. The number of rotatable bonds is 2. The second-order valence-electron chi connectivity index (χ2n) is 2.42. The van der Waals surface area contributed by atoms with Gasteiger partial charge in [-0.1, -0.05) is 45.8 Å². The van der Waals surface area contributed by atoms with E-state index in [1.165, 1.54) is 5.56 Å². The van der Waals surface area contributed by atoms with Gasteiger partial charge in [0, 0.05) is 5.56 Å². The number of hydrogen-bond acceptors (Lipinski definition) is 1. The number of benzene rings is 1. The molecule has 0 aromatic heterocycles. The zero-order valence-corrected chi connectivity index (χ0v) is 10.0. The van der Waals surface area contributed by atoms with Gasteiger partial charge in [0.05, 0.1) is 5.33 Å². The topological polar surface area (TPSA) is 17.1 Å². The molecule has 0 aliphatic carbocycles. The molecule has 1 nitrogen and oxygen atoms in total. The lowest BCUT2D eigenvalue weighted by Gasteiger charge is -1.96. The third-order valence-corrected chi connectivity index (χ3v) is 2.00. The summed E-state index contributed by atoms with van der Waals surface area (Å²) in [6.45, 7) is 2.00. The van der Waals surface area contributed by atoms with Crippen LogP contribution in [0.15, 0.2) is 24.3 Å². The van der Waals surface area contributed by atoms with Crippen molar-refractivity contribution in [2.75, 3.05) is 5.33 Å². The summed E-state index contributed by atoms with van der Waals surface area (Å²) in [7, 11) is 0. The Balaban J connectivity index is 0.00000121. The Morgan fingerprint density at radius 3 is 2.25 bits per heavy atom. The summed E-state index contributed by atoms with van der Waals surface area (Å²) >= 11 is 3.12. The molecule has 1 aromatic rings. The van der Waals surface area contributed by atoms with E-state index >= 15 is 0 Å². The van der Waals surface area contributed by atoms with E-state index in [1.807, 2.05) is 31.2 Å². The van der Waals surface area contributed by atoms with Gasteiger partial charge in [0.15, 0.2) is 5.78 Å². The van der Waals surface area contributed by atoms with E-state index in [4.69, 9.17) is 0 Å². The van der Waals surface area contributed by atoms with Crippen LogP contribution in [0.3, 0.4) is 0 Å². The van der Waals surface area contributed by atoms with Crippen molar-refractivity contribution in [2.24, 2.45) is 0 Å². The number of carbonyl (C=O) groups excluding carboxylic acids is 1. The lowest BCUT2D eigenvalue weighted by atomic mass is 10.1. The Hall–Kier alpha value is -0.150. The summed E-state index contributed by atoms with van der Waals surface area (Å²) in [6, 6.07) is 7.57. The lowest BCUT2D eigenvalue weighted by molar-refractivity contribution is 0.102. The first-order valence-electron chi connectivity index (χ1n) is 3.40. The van der Waals surface area contributed by atoms with E-state index in [1.54, 1.807) is 0 Å².